The highest BCUT2D eigenvalue weighted by Gasteiger charge is 2.25. The van der Waals surface area contributed by atoms with Crippen LogP contribution in [0, 0.1) is 0 Å². The van der Waals surface area contributed by atoms with Crippen molar-refractivity contribution in [3.05, 3.63) is 46.5 Å². The smallest absolute Gasteiger partial charge is 0.276 e. The lowest BCUT2D eigenvalue weighted by Gasteiger charge is -2.26. The van der Waals surface area contributed by atoms with Crippen molar-refractivity contribution in [3.8, 4) is 0 Å². The highest BCUT2D eigenvalue weighted by molar-refractivity contribution is 6.00. The van der Waals surface area contributed by atoms with Gasteiger partial charge in [0.15, 0.2) is 5.65 Å². The largest absolute Gasteiger partial charge is 0.393 e. The van der Waals surface area contributed by atoms with E-state index < -0.39 is 6.10 Å². The van der Waals surface area contributed by atoms with Gasteiger partial charge in [0.05, 0.1) is 12.3 Å². The highest BCUT2D eigenvalue weighted by atomic mass is 16.5. The zero-order chi connectivity index (χ0) is 24.4. The van der Waals surface area contributed by atoms with E-state index in [1.165, 1.54) is 6.20 Å². The Bertz CT molecular complexity index is 1260. The van der Waals surface area contributed by atoms with Gasteiger partial charge in [-0.3, -0.25) is 14.2 Å². The molecule has 2 aliphatic rings. The Morgan fingerprint density at radius 1 is 1.23 bits per heavy atom. The molecular weight excluding hydrogens is 450 g/mol. The Morgan fingerprint density at radius 3 is 2.89 bits per heavy atom. The summed E-state index contributed by atoms with van der Waals surface area (Å²) in [5, 5.41) is 23.4. The lowest BCUT2D eigenvalue weighted by Crippen LogP contribution is -2.39. The maximum atomic E-state index is 13.1. The number of amides is 1. The lowest BCUT2D eigenvalue weighted by molar-refractivity contribution is -0.0339. The SMILES string of the molecule is CNc1cc(Nc2cccn([C@@H]3CCCCO3)c2=O)nc2c(C(=O)NC3CCC[C@@H](O)C3)cnn12. The van der Waals surface area contributed by atoms with Gasteiger partial charge < -0.3 is 25.8 Å². The molecule has 1 aliphatic carbocycles. The molecule has 1 saturated carbocycles. The summed E-state index contributed by atoms with van der Waals surface area (Å²) in [5.41, 5.74) is 0.850. The van der Waals surface area contributed by atoms with E-state index in [0.717, 1.165) is 38.5 Å². The number of fused-ring (bicyclic) bond motifs is 1. The topological polar surface area (TPSA) is 135 Å². The summed E-state index contributed by atoms with van der Waals surface area (Å²) >= 11 is 0. The predicted molar refractivity (Wildman–Crippen MR) is 131 cm³/mol. The maximum Gasteiger partial charge on any atom is 0.276 e. The molecule has 3 aromatic heterocycles. The summed E-state index contributed by atoms with van der Waals surface area (Å²) in [7, 11) is 1.75. The molecule has 5 rings (SSSR count). The maximum absolute atomic E-state index is 13.1. The van der Waals surface area contributed by atoms with E-state index in [1.807, 2.05) is 0 Å². The van der Waals surface area contributed by atoms with Crippen LogP contribution in [0.15, 0.2) is 35.4 Å². The monoisotopic (exact) mass is 481 g/mol. The fourth-order valence-electron chi connectivity index (χ4n) is 4.84. The van der Waals surface area contributed by atoms with Gasteiger partial charge in [0, 0.05) is 32.0 Å². The van der Waals surface area contributed by atoms with Crippen LogP contribution < -0.4 is 21.5 Å². The molecule has 4 heterocycles. The third kappa shape index (κ3) is 4.87. The van der Waals surface area contributed by atoms with Gasteiger partial charge in [0.2, 0.25) is 0 Å². The molecule has 3 aromatic rings. The Hall–Kier alpha value is -3.44. The average molecular weight is 482 g/mol. The van der Waals surface area contributed by atoms with Crippen molar-refractivity contribution in [2.75, 3.05) is 24.3 Å². The third-order valence-electron chi connectivity index (χ3n) is 6.66. The number of hydrogen-bond acceptors (Lipinski definition) is 8. The highest BCUT2D eigenvalue weighted by Crippen LogP contribution is 2.24. The predicted octanol–water partition coefficient (Wildman–Crippen LogP) is 2.41. The molecule has 0 bridgehead atoms. The van der Waals surface area contributed by atoms with E-state index in [0.29, 0.717) is 41.6 Å². The van der Waals surface area contributed by atoms with Gasteiger partial charge in [0.25, 0.3) is 11.5 Å². The second-order valence-corrected chi connectivity index (χ2v) is 9.14. The first kappa shape index (κ1) is 23.3. The number of rotatable bonds is 6. The summed E-state index contributed by atoms with van der Waals surface area (Å²) in [6.07, 6.45) is 8.38. The first-order chi connectivity index (χ1) is 17.0. The molecule has 1 amide bonds. The Morgan fingerprint density at radius 2 is 2.11 bits per heavy atom. The van der Waals surface area contributed by atoms with Crippen LogP contribution in [-0.4, -0.2) is 56.0 Å². The van der Waals surface area contributed by atoms with Crippen molar-refractivity contribution in [3.63, 3.8) is 0 Å². The number of aliphatic hydroxyl groups is 1. The molecule has 4 N–H and O–H groups in total. The van der Waals surface area contributed by atoms with E-state index in [9.17, 15) is 14.7 Å². The molecule has 3 atom stereocenters. The molecular formula is C24H31N7O4. The quantitative estimate of drug-likeness (QED) is 0.422. The normalized spacial score (nSPS) is 22.6. The van der Waals surface area contributed by atoms with Crippen LogP contribution >= 0.6 is 0 Å². The van der Waals surface area contributed by atoms with Crippen molar-refractivity contribution in [1.29, 1.82) is 0 Å². The molecule has 1 aliphatic heterocycles. The van der Waals surface area contributed by atoms with Crippen LogP contribution in [0.25, 0.3) is 5.65 Å². The second-order valence-electron chi connectivity index (χ2n) is 9.14. The summed E-state index contributed by atoms with van der Waals surface area (Å²) in [4.78, 5) is 30.8. The number of nitrogens with zero attached hydrogens (tertiary/aromatic N) is 4. The van der Waals surface area contributed by atoms with Crippen molar-refractivity contribution < 1.29 is 14.6 Å². The molecule has 35 heavy (non-hydrogen) atoms. The minimum atomic E-state index is -0.392. The summed E-state index contributed by atoms with van der Waals surface area (Å²) in [6, 6.07) is 5.14. The summed E-state index contributed by atoms with van der Waals surface area (Å²) in [6.45, 7) is 0.643. The minimum Gasteiger partial charge on any atom is -0.393 e. The number of carbonyl (C=O) groups is 1. The van der Waals surface area contributed by atoms with Crippen molar-refractivity contribution in [2.45, 2.75) is 63.3 Å². The lowest BCUT2D eigenvalue weighted by atomic mass is 9.93. The number of aromatic nitrogens is 4. The number of pyridine rings is 1. The molecule has 0 radical (unpaired) electrons. The van der Waals surface area contributed by atoms with Crippen LogP contribution in [0.2, 0.25) is 0 Å². The first-order valence-electron chi connectivity index (χ1n) is 12.2. The number of carbonyl (C=O) groups excluding carboxylic acids is 1. The van der Waals surface area contributed by atoms with Crippen LogP contribution in [0.3, 0.4) is 0 Å². The molecule has 0 aromatic carbocycles. The van der Waals surface area contributed by atoms with Gasteiger partial charge in [-0.1, -0.05) is 0 Å². The van der Waals surface area contributed by atoms with E-state index in [2.05, 4.69) is 26.0 Å². The zero-order valence-electron chi connectivity index (χ0n) is 19.7. The van der Waals surface area contributed by atoms with Crippen LogP contribution in [0.1, 0.15) is 61.5 Å². The van der Waals surface area contributed by atoms with Gasteiger partial charge in [-0.25, -0.2) is 4.98 Å². The van der Waals surface area contributed by atoms with E-state index in [-0.39, 0.29) is 23.7 Å². The summed E-state index contributed by atoms with van der Waals surface area (Å²) < 4.78 is 8.94. The molecule has 11 nitrogen and oxygen atoms in total. The third-order valence-corrected chi connectivity index (χ3v) is 6.66. The number of hydrogen-bond donors (Lipinski definition) is 4. The fraction of sp³-hybridized carbons (Fsp3) is 0.500. The average Bonchev–Trinajstić information content (AvgIpc) is 3.29. The van der Waals surface area contributed by atoms with E-state index >= 15 is 0 Å². The van der Waals surface area contributed by atoms with Gasteiger partial charge >= 0.3 is 0 Å². The standard InChI is InChI=1S/C24H31N7O4/c1-25-20-13-19(28-18-8-5-10-30(24(18)34)21-9-2-3-11-35-21)29-22-17(14-26-31(20)22)23(33)27-15-6-4-7-16(32)12-15/h5,8,10,13-16,21,25,32H,2-4,6-7,9,11-12H2,1H3,(H,27,33)(H,28,29)/t15?,16-,21+/m1/s1. The Balaban J connectivity index is 1.43. The molecule has 2 fully saturated rings. The number of nitrogens with one attached hydrogen (secondary N) is 3. The fourth-order valence-corrected chi connectivity index (χ4v) is 4.84. The summed E-state index contributed by atoms with van der Waals surface area (Å²) in [5.74, 6) is 0.725. The van der Waals surface area contributed by atoms with Crippen molar-refractivity contribution in [1.82, 2.24) is 24.5 Å². The van der Waals surface area contributed by atoms with Crippen LogP contribution in [0.4, 0.5) is 17.3 Å². The number of anilines is 3. The second kappa shape index (κ2) is 10.0. The number of aliphatic hydroxyl groups excluding tert-OH is 1. The minimum absolute atomic E-state index is 0.0870. The number of ether oxygens (including phenoxy) is 1. The Labute approximate surface area is 202 Å². The Kier molecular flexibility index (Phi) is 6.69. The van der Waals surface area contributed by atoms with Crippen molar-refractivity contribution >= 4 is 28.9 Å². The molecule has 0 spiro atoms. The zero-order valence-corrected chi connectivity index (χ0v) is 19.7. The van der Waals surface area contributed by atoms with E-state index in [1.54, 1.807) is 40.5 Å². The molecule has 11 heteroatoms. The van der Waals surface area contributed by atoms with Crippen LogP contribution in [0.5, 0.6) is 0 Å². The van der Waals surface area contributed by atoms with Crippen LogP contribution in [-0.2, 0) is 4.74 Å². The van der Waals surface area contributed by atoms with Gasteiger partial charge in [-0.05, 0) is 57.1 Å². The van der Waals surface area contributed by atoms with Gasteiger partial charge in [0.1, 0.15) is 29.1 Å². The molecule has 186 valence electrons. The van der Waals surface area contributed by atoms with Gasteiger partial charge in [-0.2, -0.15) is 9.61 Å². The van der Waals surface area contributed by atoms with Gasteiger partial charge in [-0.15, -0.1) is 0 Å². The van der Waals surface area contributed by atoms with Crippen molar-refractivity contribution in [2.24, 2.45) is 0 Å². The molecule has 1 saturated heterocycles. The van der Waals surface area contributed by atoms with E-state index in [4.69, 9.17) is 4.74 Å². The molecule has 1 unspecified atom stereocenters. The first-order valence-corrected chi connectivity index (χ1v) is 12.2.